The second kappa shape index (κ2) is 6.75. The van der Waals surface area contributed by atoms with Gasteiger partial charge in [0.1, 0.15) is 4.90 Å². The largest absolute Gasteiger partial charge is 0.341 e. The van der Waals surface area contributed by atoms with E-state index in [4.69, 9.17) is 0 Å². The summed E-state index contributed by atoms with van der Waals surface area (Å²) in [5.74, 6) is 0.759. The molecule has 0 N–H and O–H groups in total. The molecule has 0 aromatic carbocycles. The Morgan fingerprint density at radius 3 is 2.55 bits per heavy atom. The van der Waals surface area contributed by atoms with Gasteiger partial charge in [-0.2, -0.15) is 4.31 Å². The minimum absolute atomic E-state index is 0.102. The Morgan fingerprint density at radius 1 is 1.36 bits per heavy atom. The van der Waals surface area contributed by atoms with Crippen LogP contribution in [0.25, 0.3) is 0 Å². The molecule has 0 aliphatic carbocycles. The minimum atomic E-state index is -3.68. The summed E-state index contributed by atoms with van der Waals surface area (Å²) < 4.78 is 25.9. The summed E-state index contributed by atoms with van der Waals surface area (Å²) in [5.41, 5.74) is 0. The third-order valence-corrected chi connectivity index (χ3v) is 5.71. The van der Waals surface area contributed by atoms with Gasteiger partial charge in [-0.05, 0) is 30.4 Å². The smallest absolute Gasteiger partial charge is 0.244 e. The summed E-state index contributed by atoms with van der Waals surface area (Å²) in [5, 5.41) is 0. The number of hydrogen-bond donors (Lipinski definition) is 0. The van der Waals surface area contributed by atoms with Crippen LogP contribution in [0.1, 0.15) is 20.3 Å². The predicted octanol–water partition coefficient (Wildman–Crippen LogP) is 1.21. The summed E-state index contributed by atoms with van der Waals surface area (Å²) >= 11 is 0. The predicted molar refractivity (Wildman–Crippen MR) is 83.6 cm³/mol. The number of amides is 1. The molecule has 22 heavy (non-hydrogen) atoms. The van der Waals surface area contributed by atoms with Gasteiger partial charge in [0.15, 0.2) is 0 Å². The zero-order valence-electron chi connectivity index (χ0n) is 13.3. The molecule has 2 heterocycles. The number of likely N-dealkylation sites (N-methyl/N-ethyl adjacent to an activating group) is 1. The molecule has 6 nitrogen and oxygen atoms in total. The van der Waals surface area contributed by atoms with Crippen LogP contribution in [0, 0.1) is 11.8 Å². The third-order valence-electron chi connectivity index (χ3n) is 3.92. The van der Waals surface area contributed by atoms with Crippen LogP contribution in [-0.4, -0.2) is 55.2 Å². The number of hydrogen-bond acceptors (Lipinski definition) is 4. The number of carbonyl (C=O) groups excluding carboxylic acids is 1. The maximum atomic E-state index is 12.4. The van der Waals surface area contributed by atoms with Gasteiger partial charge < -0.3 is 4.90 Å². The lowest BCUT2D eigenvalue weighted by molar-refractivity contribution is -0.133. The molecule has 1 aliphatic heterocycles. The van der Waals surface area contributed by atoms with E-state index < -0.39 is 10.0 Å². The van der Waals surface area contributed by atoms with Gasteiger partial charge in [0, 0.05) is 32.5 Å². The number of nitrogens with zero attached hydrogens (tertiary/aromatic N) is 3. The average Bonchev–Trinajstić information content (AvgIpc) is 2.47. The molecular weight excluding hydrogens is 302 g/mol. The van der Waals surface area contributed by atoms with Crippen LogP contribution in [0.3, 0.4) is 0 Å². The second-order valence-corrected chi connectivity index (χ2v) is 8.24. The highest BCUT2D eigenvalue weighted by Crippen LogP contribution is 2.21. The van der Waals surface area contributed by atoms with Crippen molar-refractivity contribution in [3.05, 3.63) is 24.5 Å². The molecule has 1 fully saturated rings. The zero-order chi connectivity index (χ0) is 16.3. The number of aromatic nitrogens is 1. The van der Waals surface area contributed by atoms with Gasteiger partial charge in [0.25, 0.3) is 0 Å². The number of carbonyl (C=O) groups is 1. The Morgan fingerprint density at radius 2 is 2.00 bits per heavy atom. The molecule has 122 valence electrons. The Bertz CT molecular complexity index is 608. The average molecular weight is 325 g/mol. The van der Waals surface area contributed by atoms with E-state index in [1.165, 1.54) is 25.5 Å². The maximum Gasteiger partial charge on any atom is 0.244 e. The van der Waals surface area contributed by atoms with Gasteiger partial charge >= 0.3 is 0 Å². The van der Waals surface area contributed by atoms with Crippen LogP contribution in [0.4, 0.5) is 0 Å². The highest BCUT2D eigenvalue weighted by atomic mass is 32.2. The van der Waals surface area contributed by atoms with Gasteiger partial charge in [-0.1, -0.05) is 13.8 Å². The Labute approximate surface area is 132 Å². The van der Waals surface area contributed by atoms with Gasteiger partial charge in [-0.3, -0.25) is 9.78 Å². The molecule has 0 spiro atoms. The van der Waals surface area contributed by atoms with E-state index in [1.807, 2.05) is 0 Å². The second-order valence-electron chi connectivity index (χ2n) is 6.19. The normalized spacial score (nSPS) is 22.8. The van der Waals surface area contributed by atoms with Crippen LogP contribution >= 0.6 is 0 Å². The molecule has 1 aromatic heterocycles. The number of likely N-dealkylation sites (tertiary alicyclic amines) is 1. The fraction of sp³-hybridized carbons (Fsp3) is 0.600. The van der Waals surface area contributed by atoms with Crippen molar-refractivity contribution in [1.82, 2.24) is 14.2 Å². The first-order chi connectivity index (χ1) is 10.3. The number of piperidine rings is 1. The number of pyridine rings is 1. The molecule has 0 radical (unpaired) electrons. The van der Waals surface area contributed by atoms with E-state index in [2.05, 4.69) is 18.8 Å². The van der Waals surface area contributed by atoms with Gasteiger partial charge in [-0.15, -0.1) is 0 Å². The van der Waals surface area contributed by atoms with Gasteiger partial charge in [-0.25, -0.2) is 8.42 Å². The van der Waals surface area contributed by atoms with Crippen molar-refractivity contribution in [1.29, 1.82) is 0 Å². The quantitative estimate of drug-likeness (QED) is 0.834. The summed E-state index contributed by atoms with van der Waals surface area (Å²) in [6, 6.07) is 3.05. The molecule has 0 saturated carbocycles. The fourth-order valence-corrected chi connectivity index (χ4v) is 4.01. The van der Waals surface area contributed by atoms with Crippen LogP contribution in [0.5, 0.6) is 0 Å². The zero-order valence-corrected chi connectivity index (χ0v) is 14.1. The highest BCUT2D eigenvalue weighted by molar-refractivity contribution is 7.89. The standard InChI is InChI=1S/C15H23N3O3S/c1-12-7-13(2)10-18(9-12)15(19)11-17(3)22(20,21)14-5-4-6-16-8-14/h4-6,8,12-13H,7,9-11H2,1-3H3. The van der Waals surface area contributed by atoms with Crippen molar-refractivity contribution in [3.8, 4) is 0 Å². The third kappa shape index (κ3) is 3.84. The topological polar surface area (TPSA) is 70.6 Å². The van der Waals surface area contributed by atoms with E-state index in [1.54, 1.807) is 11.0 Å². The van der Waals surface area contributed by atoms with E-state index in [0.717, 1.165) is 10.7 Å². The SMILES string of the molecule is CC1CC(C)CN(C(=O)CN(C)S(=O)(=O)c2cccnc2)C1. The van der Waals surface area contributed by atoms with E-state index >= 15 is 0 Å². The van der Waals surface area contributed by atoms with Crippen molar-refractivity contribution in [2.75, 3.05) is 26.7 Å². The van der Waals surface area contributed by atoms with E-state index in [0.29, 0.717) is 24.9 Å². The molecule has 2 atom stereocenters. The highest BCUT2D eigenvalue weighted by Gasteiger charge is 2.29. The van der Waals surface area contributed by atoms with Crippen LogP contribution in [0.15, 0.2) is 29.4 Å². The van der Waals surface area contributed by atoms with Crippen LogP contribution in [0.2, 0.25) is 0 Å². The molecule has 2 unspecified atom stereocenters. The van der Waals surface area contributed by atoms with Crippen molar-refractivity contribution in [2.24, 2.45) is 11.8 Å². The first kappa shape index (κ1) is 16.9. The number of sulfonamides is 1. The van der Waals surface area contributed by atoms with Crippen LogP contribution < -0.4 is 0 Å². The van der Waals surface area contributed by atoms with Crippen molar-refractivity contribution in [3.63, 3.8) is 0 Å². The van der Waals surface area contributed by atoms with Crippen molar-refractivity contribution in [2.45, 2.75) is 25.2 Å². The number of rotatable bonds is 4. The van der Waals surface area contributed by atoms with Crippen molar-refractivity contribution < 1.29 is 13.2 Å². The first-order valence-electron chi connectivity index (χ1n) is 7.45. The minimum Gasteiger partial charge on any atom is -0.341 e. The molecule has 1 aliphatic rings. The summed E-state index contributed by atoms with van der Waals surface area (Å²) in [4.78, 5) is 18.1. The molecule has 2 rings (SSSR count). The molecule has 0 bridgehead atoms. The lowest BCUT2D eigenvalue weighted by Gasteiger charge is -2.35. The summed E-state index contributed by atoms with van der Waals surface area (Å²) in [6.45, 7) is 5.49. The molecule has 1 amide bonds. The van der Waals surface area contributed by atoms with Gasteiger partial charge in [0.05, 0.1) is 6.54 Å². The molecule has 1 saturated heterocycles. The maximum absolute atomic E-state index is 12.4. The Balaban J connectivity index is 2.05. The summed E-state index contributed by atoms with van der Waals surface area (Å²) in [7, 11) is -2.25. The fourth-order valence-electron chi connectivity index (χ4n) is 2.92. The lowest BCUT2D eigenvalue weighted by atomic mass is 9.92. The van der Waals surface area contributed by atoms with Gasteiger partial charge in [0.2, 0.25) is 15.9 Å². The van der Waals surface area contributed by atoms with Crippen LogP contribution in [-0.2, 0) is 14.8 Å². The lowest BCUT2D eigenvalue weighted by Crippen LogP contribution is -2.47. The monoisotopic (exact) mass is 325 g/mol. The van der Waals surface area contributed by atoms with E-state index in [-0.39, 0.29) is 17.3 Å². The first-order valence-corrected chi connectivity index (χ1v) is 8.89. The Kier molecular flexibility index (Phi) is 5.18. The molecule has 1 aromatic rings. The van der Waals surface area contributed by atoms with E-state index in [9.17, 15) is 13.2 Å². The summed E-state index contributed by atoms with van der Waals surface area (Å²) in [6.07, 6.45) is 3.91. The molecular formula is C15H23N3O3S. The Hall–Kier alpha value is -1.47. The van der Waals surface area contributed by atoms with Crippen molar-refractivity contribution >= 4 is 15.9 Å². The molecule has 7 heteroatoms.